The first kappa shape index (κ1) is 26.1. The average Bonchev–Trinajstić information content (AvgIpc) is 2.67. The van der Waals surface area contributed by atoms with Crippen LogP contribution in [0.25, 0.3) is 0 Å². The Kier molecular flexibility index (Phi) is 18.6. The molecule has 156 valence electrons. The van der Waals surface area contributed by atoms with Crippen molar-refractivity contribution in [2.75, 3.05) is 27.1 Å². The minimum absolute atomic E-state index is 0.320. The van der Waals surface area contributed by atoms with Crippen LogP contribution in [0.3, 0.4) is 0 Å². The van der Waals surface area contributed by atoms with E-state index in [9.17, 15) is 4.79 Å². The molecule has 0 N–H and O–H groups in total. The second-order valence-corrected chi connectivity index (χ2v) is 11.1. The molecule has 0 amide bonds. The van der Waals surface area contributed by atoms with Gasteiger partial charge >= 0.3 is 8.80 Å². The maximum atomic E-state index is 11.9. The van der Waals surface area contributed by atoms with E-state index in [0.717, 1.165) is 24.6 Å². The Hall–Kier alpha value is 0.117. The molecule has 0 heterocycles. The predicted octanol–water partition coefficient (Wildman–Crippen LogP) is 6.22. The van der Waals surface area contributed by atoms with Gasteiger partial charge in [0.2, 0.25) is 0 Å². The smallest absolute Gasteiger partial charge is 0.377 e. The van der Waals surface area contributed by atoms with Crippen molar-refractivity contribution in [3.63, 3.8) is 0 Å². The zero-order valence-corrected chi connectivity index (χ0v) is 19.5. The molecule has 6 heteroatoms. The van der Waals surface area contributed by atoms with E-state index in [-0.39, 0.29) is 0 Å². The average molecular weight is 407 g/mol. The minimum atomic E-state index is -2.47. The van der Waals surface area contributed by atoms with E-state index >= 15 is 0 Å². The maximum Gasteiger partial charge on any atom is 0.500 e. The Labute approximate surface area is 167 Å². The van der Waals surface area contributed by atoms with Gasteiger partial charge in [-0.2, -0.15) is 0 Å². The lowest BCUT2D eigenvalue weighted by molar-refractivity contribution is -0.111. The molecule has 0 saturated heterocycles. The van der Waals surface area contributed by atoms with E-state index in [1.165, 1.54) is 76.0 Å². The van der Waals surface area contributed by atoms with Gasteiger partial charge in [-0.15, -0.1) is 0 Å². The highest BCUT2D eigenvalue weighted by atomic mass is 32.2. The Morgan fingerprint density at radius 3 is 1.65 bits per heavy atom. The highest BCUT2D eigenvalue weighted by molar-refractivity contribution is 8.13. The topological polar surface area (TPSA) is 44.8 Å². The van der Waals surface area contributed by atoms with E-state index in [1.807, 2.05) is 0 Å². The minimum Gasteiger partial charge on any atom is -0.377 e. The molecule has 0 fully saturated rings. The van der Waals surface area contributed by atoms with E-state index in [2.05, 4.69) is 6.92 Å². The molecule has 0 saturated carbocycles. The van der Waals surface area contributed by atoms with Gasteiger partial charge in [0.05, 0.1) is 0 Å². The Morgan fingerprint density at radius 2 is 1.19 bits per heavy atom. The lowest BCUT2D eigenvalue weighted by Gasteiger charge is -2.23. The van der Waals surface area contributed by atoms with Crippen LogP contribution in [-0.4, -0.2) is 41.0 Å². The molecule has 0 rings (SSSR count). The van der Waals surface area contributed by atoms with Gasteiger partial charge in [0.1, 0.15) is 0 Å². The molecule has 0 aliphatic carbocycles. The van der Waals surface area contributed by atoms with Gasteiger partial charge in [-0.1, -0.05) is 82.9 Å². The highest BCUT2D eigenvalue weighted by Gasteiger charge is 2.36. The van der Waals surface area contributed by atoms with E-state index in [0.29, 0.717) is 11.5 Å². The number of unbranched alkanes of at least 4 members (excludes halogenated alkanes) is 10. The molecule has 0 aliphatic heterocycles. The third-order valence-corrected chi connectivity index (χ3v) is 8.66. The quantitative estimate of drug-likeness (QED) is 0.188. The van der Waals surface area contributed by atoms with Gasteiger partial charge in [0.25, 0.3) is 0 Å². The number of hydrogen-bond acceptors (Lipinski definition) is 5. The molecule has 0 aromatic rings. The van der Waals surface area contributed by atoms with Crippen molar-refractivity contribution in [3.05, 3.63) is 0 Å². The van der Waals surface area contributed by atoms with Crippen LogP contribution >= 0.6 is 11.8 Å². The number of rotatable bonds is 19. The van der Waals surface area contributed by atoms with Crippen LogP contribution in [0.5, 0.6) is 0 Å². The predicted molar refractivity (Wildman–Crippen MR) is 115 cm³/mol. The van der Waals surface area contributed by atoms with E-state index in [1.54, 1.807) is 21.3 Å². The lowest BCUT2D eigenvalue weighted by Crippen LogP contribution is -2.42. The van der Waals surface area contributed by atoms with Crippen LogP contribution in [0.1, 0.15) is 90.4 Å². The molecule has 0 radical (unpaired) electrons. The molecule has 0 spiro atoms. The number of carbonyl (C=O) groups excluding carboxylic acids is 1. The van der Waals surface area contributed by atoms with Gasteiger partial charge in [-0.25, -0.2) is 0 Å². The standard InChI is InChI=1S/C20H42O4SSi/c1-5-6-7-8-9-10-11-12-13-14-15-17-20(21)25-18-16-19-26(22-2,23-3)24-4/h5-19H2,1-4H3. The van der Waals surface area contributed by atoms with Gasteiger partial charge in [-0.05, 0) is 12.8 Å². The Bertz CT molecular complexity index is 317. The third-order valence-electron chi connectivity index (χ3n) is 4.81. The van der Waals surface area contributed by atoms with Crippen molar-refractivity contribution in [2.45, 2.75) is 96.4 Å². The fourth-order valence-electron chi connectivity index (χ4n) is 3.04. The van der Waals surface area contributed by atoms with Gasteiger partial charge in [0.15, 0.2) is 5.12 Å². The third kappa shape index (κ3) is 14.2. The second kappa shape index (κ2) is 18.5. The van der Waals surface area contributed by atoms with Crippen LogP contribution in [0.2, 0.25) is 6.04 Å². The molecule has 0 aromatic heterocycles. The van der Waals surface area contributed by atoms with Crippen LogP contribution in [0, 0.1) is 0 Å². The van der Waals surface area contributed by atoms with Crippen molar-refractivity contribution in [1.82, 2.24) is 0 Å². The second-order valence-electron chi connectivity index (χ2n) is 6.90. The van der Waals surface area contributed by atoms with E-state index < -0.39 is 8.80 Å². The summed E-state index contributed by atoms with van der Waals surface area (Å²) in [7, 11) is 2.42. The number of carbonyl (C=O) groups is 1. The van der Waals surface area contributed by atoms with Crippen LogP contribution in [0.4, 0.5) is 0 Å². The fourth-order valence-corrected chi connectivity index (χ4v) is 5.82. The molecular weight excluding hydrogens is 364 g/mol. The van der Waals surface area contributed by atoms with Crippen LogP contribution in [-0.2, 0) is 18.1 Å². The molecule has 4 nitrogen and oxygen atoms in total. The van der Waals surface area contributed by atoms with Crippen molar-refractivity contribution < 1.29 is 18.1 Å². The van der Waals surface area contributed by atoms with Gasteiger partial charge < -0.3 is 13.3 Å². The molecular formula is C20H42O4SSi. The normalized spacial score (nSPS) is 11.8. The summed E-state index contributed by atoms with van der Waals surface area (Å²) >= 11 is 1.45. The summed E-state index contributed by atoms with van der Waals surface area (Å²) in [6, 6.07) is 0.759. The molecule has 0 atom stereocenters. The summed E-state index contributed by atoms with van der Waals surface area (Å²) in [6.45, 7) is 2.26. The van der Waals surface area contributed by atoms with Crippen molar-refractivity contribution in [3.8, 4) is 0 Å². The van der Waals surface area contributed by atoms with Crippen LogP contribution < -0.4 is 0 Å². The van der Waals surface area contributed by atoms with Crippen LogP contribution in [0.15, 0.2) is 0 Å². The molecule has 26 heavy (non-hydrogen) atoms. The summed E-state index contributed by atoms with van der Waals surface area (Å²) in [5, 5.41) is 0.320. The SMILES string of the molecule is CCCCCCCCCCCCCC(=O)SCCC[Si](OC)(OC)OC. The maximum absolute atomic E-state index is 11.9. The molecule has 0 bridgehead atoms. The summed E-state index contributed by atoms with van der Waals surface area (Å²) in [6.07, 6.45) is 16.1. The van der Waals surface area contributed by atoms with E-state index in [4.69, 9.17) is 13.3 Å². The van der Waals surface area contributed by atoms with Crippen molar-refractivity contribution in [1.29, 1.82) is 0 Å². The zero-order chi connectivity index (χ0) is 19.5. The first-order valence-corrected chi connectivity index (χ1v) is 13.4. The molecule has 0 aliphatic rings. The largest absolute Gasteiger partial charge is 0.500 e. The first-order valence-electron chi connectivity index (χ1n) is 10.4. The molecule has 0 unspecified atom stereocenters. The summed E-state index contributed by atoms with van der Waals surface area (Å²) < 4.78 is 16.2. The molecule has 0 aromatic carbocycles. The van der Waals surface area contributed by atoms with Gasteiger partial charge in [-0.3, -0.25) is 4.79 Å². The number of thioether (sulfide) groups is 1. The summed E-state index contributed by atoms with van der Waals surface area (Å²) in [4.78, 5) is 11.9. The number of hydrogen-bond donors (Lipinski definition) is 0. The van der Waals surface area contributed by atoms with Crippen molar-refractivity contribution in [2.24, 2.45) is 0 Å². The monoisotopic (exact) mass is 406 g/mol. The van der Waals surface area contributed by atoms with Gasteiger partial charge in [0, 0.05) is 39.5 Å². The highest BCUT2D eigenvalue weighted by Crippen LogP contribution is 2.19. The zero-order valence-electron chi connectivity index (χ0n) is 17.6. The summed E-state index contributed by atoms with van der Waals surface area (Å²) in [5.41, 5.74) is 0. The fraction of sp³-hybridized carbons (Fsp3) is 0.950. The Morgan fingerprint density at radius 1 is 0.731 bits per heavy atom. The summed E-state index contributed by atoms with van der Waals surface area (Å²) in [5.74, 6) is 0.821. The lowest BCUT2D eigenvalue weighted by atomic mass is 10.1. The van der Waals surface area contributed by atoms with Crippen molar-refractivity contribution >= 4 is 25.7 Å². The Balaban J connectivity index is 3.42. The first-order chi connectivity index (χ1) is 12.6.